The van der Waals surface area contributed by atoms with Crippen molar-refractivity contribution in [1.29, 1.82) is 0 Å². The molecule has 0 aliphatic heterocycles. The van der Waals surface area contributed by atoms with Crippen molar-refractivity contribution >= 4 is 5.69 Å². The SMILES string of the molecule is CCOc1ccc(NCc2ccc(CC)o2)cc1. The number of ether oxygens (including phenoxy) is 1. The Kier molecular flexibility index (Phi) is 4.29. The molecule has 0 aliphatic rings. The molecule has 3 heteroatoms. The number of anilines is 1. The predicted molar refractivity (Wildman–Crippen MR) is 73.0 cm³/mol. The molecule has 18 heavy (non-hydrogen) atoms. The zero-order valence-corrected chi connectivity index (χ0v) is 10.9. The summed E-state index contributed by atoms with van der Waals surface area (Å²) >= 11 is 0. The molecule has 0 unspecified atom stereocenters. The Morgan fingerprint density at radius 1 is 1.00 bits per heavy atom. The highest BCUT2D eigenvalue weighted by atomic mass is 16.5. The first-order chi connectivity index (χ1) is 8.81. The molecule has 2 aromatic rings. The summed E-state index contributed by atoms with van der Waals surface area (Å²) in [5.74, 6) is 2.88. The van der Waals surface area contributed by atoms with Gasteiger partial charge in [0.05, 0.1) is 13.2 Å². The van der Waals surface area contributed by atoms with Crippen molar-refractivity contribution in [1.82, 2.24) is 0 Å². The number of hydrogen-bond acceptors (Lipinski definition) is 3. The van der Waals surface area contributed by atoms with Gasteiger partial charge in [-0.2, -0.15) is 0 Å². The molecule has 1 aromatic heterocycles. The van der Waals surface area contributed by atoms with Crippen LogP contribution in [0.5, 0.6) is 5.75 Å². The van der Waals surface area contributed by atoms with Crippen molar-refractivity contribution in [3.05, 3.63) is 47.9 Å². The van der Waals surface area contributed by atoms with Gasteiger partial charge in [0.25, 0.3) is 0 Å². The lowest BCUT2D eigenvalue weighted by Crippen LogP contribution is -1.98. The first kappa shape index (κ1) is 12.6. The number of furan rings is 1. The second-order valence-corrected chi connectivity index (χ2v) is 4.03. The van der Waals surface area contributed by atoms with Gasteiger partial charge in [-0.15, -0.1) is 0 Å². The van der Waals surface area contributed by atoms with Crippen LogP contribution in [0.25, 0.3) is 0 Å². The normalized spacial score (nSPS) is 10.3. The molecule has 0 saturated heterocycles. The lowest BCUT2D eigenvalue weighted by atomic mass is 10.3. The van der Waals surface area contributed by atoms with Crippen molar-refractivity contribution in [2.45, 2.75) is 26.8 Å². The van der Waals surface area contributed by atoms with Gasteiger partial charge in [-0.25, -0.2) is 0 Å². The number of hydrogen-bond donors (Lipinski definition) is 1. The summed E-state index contributed by atoms with van der Waals surface area (Å²) in [7, 11) is 0. The van der Waals surface area contributed by atoms with Gasteiger partial charge in [0.1, 0.15) is 17.3 Å². The minimum atomic E-state index is 0.693. The van der Waals surface area contributed by atoms with Gasteiger partial charge in [0, 0.05) is 12.1 Å². The molecule has 1 heterocycles. The van der Waals surface area contributed by atoms with E-state index in [0.29, 0.717) is 13.2 Å². The quantitative estimate of drug-likeness (QED) is 0.839. The van der Waals surface area contributed by atoms with E-state index >= 15 is 0 Å². The van der Waals surface area contributed by atoms with Crippen LogP contribution in [0.3, 0.4) is 0 Å². The summed E-state index contributed by atoms with van der Waals surface area (Å²) in [5.41, 5.74) is 1.06. The van der Waals surface area contributed by atoms with E-state index in [-0.39, 0.29) is 0 Å². The predicted octanol–water partition coefficient (Wildman–Crippen LogP) is 3.85. The third-order valence-electron chi connectivity index (χ3n) is 2.70. The fourth-order valence-corrected chi connectivity index (χ4v) is 1.73. The number of aryl methyl sites for hydroxylation is 1. The summed E-state index contributed by atoms with van der Waals surface area (Å²) in [6, 6.07) is 12.0. The molecule has 2 rings (SSSR count). The largest absolute Gasteiger partial charge is 0.494 e. The topological polar surface area (TPSA) is 34.4 Å². The van der Waals surface area contributed by atoms with Crippen LogP contribution in [0, 0.1) is 0 Å². The molecule has 0 aliphatic carbocycles. The summed E-state index contributed by atoms with van der Waals surface area (Å²) in [6.07, 6.45) is 0.934. The van der Waals surface area contributed by atoms with Gasteiger partial charge in [0.15, 0.2) is 0 Å². The van der Waals surface area contributed by atoms with Crippen molar-refractivity contribution in [3.63, 3.8) is 0 Å². The lowest BCUT2D eigenvalue weighted by Gasteiger charge is -2.06. The Hall–Kier alpha value is -1.90. The Labute approximate surface area is 108 Å². The van der Waals surface area contributed by atoms with Crippen LogP contribution < -0.4 is 10.1 Å². The Morgan fingerprint density at radius 2 is 1.72 bits per heavy atom. The third-order valence-corrected chi connectivity index (χ3v) is 2.70. The highest BCUT2D eigenvalue weighted by molar-refractivity contribution is 5.46. The maximum atomic E-state index is 5.63. The van der Waals surface area contributed by atoms with Crippen LogP contribution in [0.1, 0.15) is 25.4 Å². The molecule has 1 N–H and O–H groups in total. The highest BCUT2D eigenvalue weighted by Gasteiger charge is 2.00. The van der Waals surface area contributed by atoms with E-state index in [1.807, 2.05) is 43.3 Å². The number of benzene rings is 1. The maximum Gasteiger partial charge on any atom is 0.123 e. The summed E-state index contributed by atoms with van der Waals surface area (Å²) in [6.45, 7) is 5.46. The highest BCUT2D eigenvalue weighted by Crippen LogP contribution is 2.17. The zero-order chi connectivity index (χ0) is 12.8. The van der Waals surface area contributed by atoms with Crippen LogP contribution in [-0.4, -0.2) is 6.61 Å². The van der Waals surface area contributed by atoms with Crippen LogP contribution in [0.4, 0.5) is 5.69 Å². The first-order valence-electron chi connectivity index (χ1n) is 6.36. The molecule has 3 nitrogen and oxygen atoms in total. The smallest absolute Gasteiger partial charge is 0.123 e. The van der Waals surface area contributed by atoms with Gasteiger partial charge in [-0.1, -0.05) is 6.92 Å². The molecule has 0 spiro atoms. The Morgan fingerprint density at radius 3 is 2.33 bits per heavy atom. The molecule has 0 saturated carbocycles. The monoisotopic (exact) mass is 245 g/mol. The minimum Gasteiger partial charge on any atom is -0.494 e. The van der Waals surface area contributed by atoms with Crippen LogP contribution in [0.15, 0.2) is 40.8 Å². The zero-order valence-electron chi connectivity index (χ0n) is 10.9. The van der Waals surface area contributed by atoms with E-state index in [1.165, 1.54) is 0 Å². The van der Waals surface area contributed by atoms with Crippen LogP contribution in [-0.2, 0) is 13.0 Å². The lowest BCUT2D eigenvalue weighted by molar-refractivity contribution is 0.340. The minimum absolute atomic E-state index is 0.693. The van der Waals surface area contributed by atoms with Crippen molar-refractivity contribution in [2.24, 2.45) is 0 Å². The second-order valence-electron chi connectivity index (χ2n) is 4.03. The van der Waals surface area contributed by atoms with E-state index in [0.717, 1.165) is 29.4 Å². The Bertz CT molecular complexity index is 473. The molecule has 0 radical (unpaired) electrons. The Balaban J connectivity index is 1.89. The molecule has 0 fully saturated rings. The third kappa shape index (κ3) is 3.29. The molecule has 0 atom stereocenters. The van der Waals surface area contributed by atoms with E-state index in [9.17, 15) is 0 Å². The van der Waals surface area contributed by atoms with E-state index in [4.69, 9.17) is 9.15 Å². The molecular weight excluding hydrogens is 226 g/mol. The number of nitrogens with one attached hydrogen (secondary N) is 1. The summed E-state index contributed by atoms with van der Waals surface area (Å²) in [4.78, 5) is 0. The van der Waals surface area contributed by atoms with E-state index in [1.54, 1.807) is 0 Å². The van der Waals surface area contributed by atoms with Crippen LogP contribution >= 0.6 is 0 Å². The van der Waals surface area contributed by atoms with Gasteiger partial charge >= 0.3 is 0 Å². The summed E-state index contributed by atoms with van der Waals surface area (Å²) < 4.78 is 11.0. The maximum absolute atomic E-state index is 5.63. The standard InChI is InChI=1S/C15H19NO2/c1-3-13-9-10-15(18-13)11-16-12-5-7-14(8-6-12)17-4-2/h5-10,16H,3-4,11H2,1-2H3. The van der Waals surface area contributed by atoms with Crippen molar-refractivity contribution < 1.29 is 9.15 Å². The van der Waals surface area contributed by atoms with Gasteiger partial charge in [0.2, 0.25) is 0 Å². The molecule has 1 aromatic carbocycles. The molecule has 0 bridgehead atoms. The van der Waals surface area contributed by atoms with Crippen LogP contribution in [0.2, 0.25) is 0 Å². The molecular formula is C15H19NO2. The first-order valence-corrected chi connectivity index (χ1v) is 6.36. The fraction of sp³-hybridized carbons (Fsp3) is 0.333. The molecule has 96 valence electrons. The van der Waals surface area contributed by atoms with Gasteiger partial charge in [-0.3, -0.25) is 0 Å². The average Bonchev–Trinajstić information content (AvgIpc) is 2.86. The van der Waals surface area contributed by atoms with Gasteiger partial charge < -0.3 is 14.5 Å². The average molecular weight is 245 g/mol. The number of rotatable bonds is 6. The second kappa shape index (κ2) is 6.15. The van der Waals surface area contributed by atoms with Gasteiger partial charge in [-0.05, 0) is 43.3 Å². The van der Waals surface area contributed by atoms with E-state index in [2.05, 4.69) is 12.2 Å². The fourth-order valence-electron chi connectivity index (χ4n) is 1.73. The van der Waals surface area contributed by atoms with E-state index < -0.39 is 0 Å². The van der Waals surface area contributed by atoms with Crippen molar-refractivity contribution in [2.75, 3.05) is 11.9 Å². The molecule has 0 amide bonds. The summed E-state index contributed by atoms with van der Waals surface area (Å²) in [5, 5.41) is 3.32. The van der Waals surface area contributed by atoms with Crippen molar-refractivity contribution in [3.8, 4) is 5.75 Å².